The molecule has 1 aliphatic carbocycles. The molecule has 2 heteroatoms. The van der Waals surface area contributed by atoms with E-state index in [2.05, 4.69) is 18.3 Å². The van der Waals surface area contributed by atoms with Gasteiger partial charge in [0.05, 0.1) is 5.69 Å². The second kappa shape index (κ2) is 3.16. The minimum absolute atomic E-state index is 0.407. The first-order valence-corrected chi connectivity index (χ1v) is 5.86. The summed E-state index contributed by atoms with van der Waals surface area (Å²) in [5.74, 6) is 1.84. The Morgan fingerprint density at radius 2 is 2.20 bits per heavy atom. The molecule has 1 fully saturated rings. The van der Waals surface area contributed by atoms with Gasteiger partial charge in [-0.05, 0) is 43.2 Å². The van der Waals surface area contributed by atoms with Crippen LogP contribution in [0, 0.1) is 5.92 Å². The molecule has 0 amide bonds. The Morgan fingerprint density at radius 1 is 1.33 bits per heavy atom. The van der Waals surface area contributed by atoms with Crippen LogP contribution in [-0.4, -0.2) is 11.1 Å². The van der Waals surface area contributed by atoms with Crippen LogP contribution in [0.5, 0.6) is 5.75 Å². The first kappa shape index (κ1) is 9.08. The van der Waals surface area contributed by atoms with Gasteiger partial charge < -0.3 is 10.4 Å². The Hall–Kier alpha value is -1.18. The molecule has 0 spiro atoms. The van der Waals surface area contributed by atoms with Crippen molar-refractivity contribution in [1.82, 2.24) is 0 Å². The molecular formula is C13H17NO. The Morgan fingerprint density at radius 3 is 3.07 bits per heavy atom. The molecule has 0 radical (unpaired) electrons. The molecular weight excluding hydrogens is 186 g/mol. The van der Waals surface area contributed by atoms with Gasteiger partial charge in [0.25, 0.3) is 0 Å². The average molecular weight is 203 g/mol. The lowest BCUT2D eigenvalue weighted by Gasteiger charge is -2.35. The fourth-order valence-corrected chi connectivity index (χ4v) is 3.33. The minimum Gasteiger partial charge on any atom is -0.506 e. The van der Waals surface area contributed by atoms with Crippen LogP contribution in [0.1, 0.15) is 37.7 Å². The van der Waals surface area contributed by atoms with E-state index in [0.717, 1.165) is 11.6 Å². The summed E-state index contributed by atoms with van der Waals surface area (Å²) in [6.07, 6.45) is 3.94. The predicted molar refractivity (Wildman–Crippen MR) is 61.3 cm³/mol. The van der Waals surface area contributed by atoms with Gasteiger partial charge in [-0.1, -0.05) is 18.6 Å². The van der Waals surface area contributed by atoms with Crippen LogP contribution >= 0.6 is 0 Å². The number of anilines is 1. The zero-order valence-electron chi connectivity index (χ0n) is 9.03. The van der Waals surface area contributed by atoms with Crippen molar-refractivity contribution < 1.29 is 5.11 Å². The van der Waals surface area contributed by atoms with E-state index in [1.807, 2.05) is 6.07 Å². The van der Waals surface area contributed by atoms with Crippen LogP contribution in [0.25, 0.3) is 0 Å². The quantitative estimate of drug-likeness (QED) is 0.635. The van der Waals surface area contributed by atoms with E-state index in [9.17, 15) is 5.11 Å². The highest BCUT2D eigenvalue weighted by atomic mass is 16.3. The fourth-order valence-electron chi connectivity index (χ4n) is 3.33. The molecule has 3 rings (SSSR count). The van der Waals surface area contributed by atoms with E-state index in [1.165, 1.54) is 24.8 Å². The van der Waals surface area contributed by atoms with Gasteiger partial charge in [-0.25, -0.2) is 0 Å². The van der Waals surface area contributed by atoms with Gasteiger partial charge in [0.15, 0.2) is 0 Å². The number of para-hydroxylation sites is 1. The van der Waals surface area contributed by atoms with E-state index >= 15 is 0 Å². The number of benzene rings is 1. The maximum absolute atomic E-state index is 9.83. The van der Waals surface area contributed by atoms with Crippen molar-refractivity contribution in [2.24, 2.45) is 5.92 Å². The van der Waals surface area contributed by atoms with Crippen molar-refractivity contribution in [3.8, 4) is 5.75 Å². The molecule has 3 atom stereocenters. The highest BCUT2D eigenvalue weighted by molar-refractivity contribution is 5.65. The lowest BCUT2D eigenvalue weighted by atomic mass is 9.80. The molecule has 2 nitrogen and oxygen atoms in total. The molecule has 0 saturated heterocycles. The van der Waals surface area contributed by atoms with Crippen molar-refractivity contribution in [2.75, 3.05) is 5.32 Å². The summed E-state index contributed by atoms with van der Waals surface area (Å²) in [7, 11) is 0. The summed E-state index contributed by atoms with van der Waals surface area (Å²) in [4.78, 5) is 0. The third-order valence-electron chi connectivity index (χ3n) is 4.06. The number of hydrogen-bond acceptors (Lipinski definition) is 2. The lowest BCUT2D eigenvalue weighted by Crippen LogP contribution is -2.32. The number of hydrogen-bond donors (Lipinski definition) is 2. The SMILES string of the molecule is C[C@@H]1Nc2c(O)cccc2[C@@H]2CCC[C@H]12. The van der Waals surface area contributed by atoms with Crippen molar-refractivity contribution in [3.63, 3.8) is 0 Å². The summed E-state index contributed by atoms with van der Waals surface area (Å²) in [5, 5.41) is 13.3. The van der Waals surface area contributed by atoms with Crippen molar-refractivity contribution in [3.05, 3.63) is 23.8 Å². The number of phenols is 1. The van der Waals surface area contributed by atoms with Gasteiger partial charge in [0.2, 0.25) is 0 Å². The molecule has 2 aliphatic rings. The third-order valence-corrected chi connectivity index (χ3v) is 4.06. The van der Waals surface area contributed by atoms with E-state index in [4.69, 9.17) is 0 Å². The summed E-state index contributed by atoms with van der Waals surface area (Å²) < 4.78 is 0. The molecule has 1 aliphatic heterocycles. The Bertz CT molecular complexity index is 388. The van der Waals surface area contributed by atoms with E-state index in [-0.39, 0.29) is 0 Å². The van der Waals surface area contributed by atoms with Gasteiger partial charge in [0.1, 0.15) is 5.75 Å². The lowest BCUT2D eigenvalue weighted by molar-refractivity contribution is 0.408. The molecule has 1 aromatic carbocycles. The van der Waals surface area contributed by atoms with Gasteiger partial charge in [-0.2, -0.15) is 0 Å². The molecule has 1 saturated carbocycles. The maximum Gasteiger partial charge on any atom is 0.138 e. The highest BCUT2D eigenvalue weighted by Crippen LogP contribution is 2.49. The molecule has 0 aromatic heterocycles. The van der Waals surface area contributed by atoms with E-state index in [0.29, 0.717) is 17.7 Å². The summed E-state index contributed by atoms with van der Waals surface area (Å²) in [6, 6.07) is 6.39. The van der Waals surface area contributed by atoms with Crippen LogP contribution in [0.3, 0.4) is 0 Å². The van der Waals surface area contributed by atoms with Crippen LogP contribution in [0.4, 0.5) is 5.69 Å². The van der Waals surface area contributed by atoms with Crippen LogP contribution in [0.2, 0.25) is 0 Å². The predicted octanol–water partition coefficient (Wildman–Crippen LogP) is 3.09. The first-order chi connectivity index (χ1) is 7.27. The van der Waals surface area contributed by atoms with Gasteiger partial charge in [-0.15, -0.1) is 0 Å². The summed E-state index contributed by atoms with van der Waals surface area (Å²) in [5.41, 5.74) is 2.31. The normalized spacial score (nSPS) is 33.0. The van der Waals surface area contributed by atoms with Gasteiger partial charge in [-0.3, -0.25) is 0 Å². The van der Waals surface area contributed by atoms with Crippen molar-refractivity contribution in [1.29, 1.82) is 0 Å². The third kappa shape index (κ3) is 1.24. The molecule has 2 N–H and O–H groups in total. The topological polar surface area (TPSA) is 32.3 Å². The first-order valence-electron chi connectivity index (χ1n) is 5.86. The van der Waals surface area contributed by atoms with Crippen LogP contribution in [0.15, 0.2) is 18.2 Å². The highest BCUT2D eigenvalue weighted by Gasteiger charge is 2.38. The smallest absolute Gasteiger partial charge is 0.138 e. The number of rotatable bonds is 0. The maximum atomic E-state index is 9.83. The summed E-state index contributed by atoms with van der Waals surface area (Å²) in [6.45, 7) is 2.23. The number of nitrogens with one attached hydrogen (secondary N) is 1. The van der Waals surface area contributed by atoms with Crippen molar-refractivity contribution in [2.45, 2.75) is 38.1 Å². The fraction of sp³-hybridized carbons (Fsp3) is 0.538. The summed E-state index contributed by atoms with van der Waals surface area (Å²) >= 11 is 0. The Balaban J connectivity index is 2.11. The minimum atomic E-state index is 0.407. The molecule has 1 heterocycles. The molecule has 0 unspecified atom stereocenters. The van der Waals surface area contributed by atoms with Gasteiger partial charge in [0, 0.05) is 6.04 Å². The van der Waals surface area contributed by atoms with E-state index in [1.54, 1.807) is 6.07 Å². The monoisotopic (exact) mass is 203 g/mol. The van der Waals surface area contributed by atoms with E-state index < -0.39 is 0 Å². The Labute approximate surface area is 90.3 Å². The molecule has 0 bridgehead atoms. The zero-order valence-corrected chi connectivity index (χ0v) is 9.03. The second-order valence-corrected chi connectivity index (χ2v) is 4.88. The average Bonchev–Trinajstić information content (AvgIpc) is 2.69. The second-order valence-electron chi connectivity index (χ2n) is 4.88. The number of aromatic hydroxyl groups is 1. The molecule has 80 valence electrons. The Kier molecular flexibility index (Phi) is 1.91. The molecule has 1 aromatic rings. The largest absolute Gasteiger partial charge is 0.506 e. The van der Waals surface area contributed by atoms with Crippen LogP contribution < -0.4 is 5.32 Å². The number of fused-ring (bicyclic) bond motifs is 3. The van der Waals surface area contributed by atoms with Gasteiger partial charge >= 0.3 is 0 Å². The zero-order chi connectivity index (χ0) is 10.4. The molecule has 15 heavy (non-hydrogen) atoms. The standard InChI is InChI=1S/C13H17NO/c1-8-9-4-2-5-10(9)11-6-3-7-12(15)13(11)14-8/h3,6-10,14-15H,2,4-5H2,1H3/t8-,9+,10+/m0/s1. The van der Waals surface area contributed by atoms with Crippen LogP contribution in [-0.2, 0) is 0 Å². The number of phenolic OH excluding ortho intramolecular Hbond substituents is 1. The van der Waals surface area contributed by atoms with Crippen molar-refractivity contribution >= 4 is 5.69 Å².